The lowest BCUT2D eigenvalue weighted by molar-refractivity contribution is -0.387. The Hall–Kier alpha value is -0.588. The van der Waals surface area contributed by atoms with Crippen molar-refractivity contribution in [1.29, 1.82) is 0 Å². The van der Waals surface area contributed by atoms with Gasteiger partial charge in [-0.2, -0.15) is 0 Å². The number of fused-ring (bicyclic) bond motifs is 6. The van der Waals surface area contributed by atoms with Gasteiger partial charge in [0.1, 0.15) is 67.8 Å². The number of halogens is 1. The van der Waals surface area contributed by atoms with Crippen LogP contribution in [0.3, 0.4) is 0 Å². The van der Waals surface area contributed by atoms with Crippen molar-refractivity contribution in [3.8, 4) is 0 Å². The summed E-state index contributed by atoms with van der Waals surface area (Å²) in [7, 11) is -23.7. The van der Waals surface area contributed by atoms with Gasteiger partial charge in [0.15, 0.2) is 99.8 Å². The fourth-order valence-electron chi connectivity index (χ4n) is 29.8. The summed E-state index contributed by atoms with van der Waals surface area (Å²) < 4.78 is 131. The number of hydrogen-bond donors (Lipinski definition) is 0. The van der Waals surface area contributed by atoms with Crippen molar-refractivity contribution in [3.63, 3.8) is 0 Å². The first-order valence-corrected chi connectivity index (χ1v) is 80.3. The van der Waals surface area contributed by atoms with Gasteiger partial charge in [-0.1, -0.05) is 270 Å². The smallest absolute Gasteiger partial charge is 0.338 e. The van der Waals surface area contributed by atoms with E-state index in [0.29, 0.717) is 24.6 Å². The minimum Gasteiger partial charge on any atom is -0.459 e. The molecule has 0 spiro atoms. The minimum atomic E-state index is -2.99. The molecule has 138 heavy (non-hydrogen) atoms. The summed E-state index contributed by atoms with van der Waals surface area (Å²) >= 11 is 7.42. The zero-order valence-electron chi connectivity index (χ0n) is 93.7. The Morgan fingerprint density at radius 3 is 1.32 bits per heavy atom. The normalized spacial score (nSPS) is 34.8. The predicted octanol–water partition coefficient (Wildman–Crippen LogP) is 29.2. The van der Waals surface area contributed by atoms with E-state index in [9.17, 15) is 0 Å². The molecule has 5 saturated carbocycles. The van der Waals surface area contributed by atoms with Crippen molar-refractivity contribution in [3.05, 3.63) is 47.5 Å². The van der Waals surface area contributed by atoms with Crippen molar-refractivity contribution in [2.24, 2.45) is 56.2 Å². The Morgan fingerprint density at radius 1 is 0.428 bits per heavy atom. The van der Waals surface area contributed by atoms with Gasteiger partial charge in [-0.15, -0.1) is 0 Å². The van der Waals surface area contributed by atoms with Crippen molar-refractivity contribution in [2.75, 3.05) is 13.2 Å². The fourth-order valence-corrected chi connectivity index (χ4v) is 55.8. The van der Waals surface area contributed by atoms with Crippen molar-refractivity contribution < 1.29 is 87.4 Å². The highest BCUT2D eigenvalue weighted by Crippen LogP contribution is 2.83. The third-order valence-electron chi connectivity index (χ3n) is 42.1. The Bertz CT molecular complexity index is 3940. The van der Waals surface area contributed by atoms with E-state index < -0.39 is 195 Å². The maximum atomic E-state index is 16.9. The second-order valence-electron chi connectivity index (χ2n) is 46.3. The van der Waals surface area contributed by atoms with Crippen LogP contribution in [0.4, 0.5) is 0 Å². The monoisotopic (exact) mass is 2100 g/mol. The summed E-state index contributed by atoms with van der Waals surface area (Å²) in [5, 5.41) is -0.200. The van der Waals surface area contributed by atoms with Crippen LogP contribution in [-0.4, -0.2) is 203 Å². The van der Waals surface area contributed by atoms with E-state index >= 15 is 14.4 Å². The maximum absolute atomic E-state index is 16.9. The van der Waals surface area contributed by atoms with Crippen LogP contribution < -0.4 is 0 Å². The molecular formula is C109H203ClO19Si9. The van der Waals surface area contributed by atoms with Crippen LogP contribution in [0, 0.1) is 56.2 Å². The standard InChI is InChI=1S/C109H203ClO19Si9/c1-34-130(35-2,36-3)116-77-83-89(123-132(40-7,41-8)42-9)92(125-134(46-13,47-14)48-15)97(128-137(55-22,56-23)57-24)101(117-83)121-95-91(119-99-96(127-136(52-19,53-20)54-21)90(124-133(43-10,44-11)45-12)84(76-115-99)122-131(37-4,38-5)39-6)93(126-135(49-16,50-17)51-18)94(98(112)114-75-80-64-62-61-63-65-80)120-100(95)118-88-69-70-104(30)85(105(88,31)79-111)68-71-106(32)86(104)67-66-81-82-74-87-103(28,29)72-73-108(82,102(110)113)109(87,78-107(81,106)33)129-138(58-25,59-26)60-27/h61-66,79,82-97,99-101H,34-60,67-78H2,1-33H3/t82?,83?,84-,85?,86?,87?,88?,89+,90?,91+,92?,93+,94?,95?,96?,97?,99+,100-,101+,104?,105?,106?,107?,108+,109-/m1/s1. The Kier molecular flexibility index (Phi) is 42.2. The van der Waals surface area contributed by atoms with Crippen LogP contribution in [0.25, 0.3) is 0 Å². The number of hydrogen-bond acceptors (Lipinski definition) is 19. The number of aldehydes is 1. The van der Waals surface area contributed by atoms with Gasteiger partial charge < -0.3 is 77.8 Å². The zero-order chi connectivity index (χ0) is 102. The first kappa shape index (κ1) is 119. The van der Waals surface area contributed by atoms with Crippen LogP contribution in [0.5, 0.6) is 0 Å². The molecule has 29 heteroatoms. The number of ether oxygens (including phenoxy) is 7. The average Bonchev–Trinajstić information content (AvgIpc) is 1.44. The molecule has 6 aliphatic carbocycles. The molecule has 4 bridgehead atoms. The van der Waals surface area contributed by atoms with Crippen LogP contribution in [0.1, 0.15) is 292 Å². The lowest BCUT2D eigenvalue weighted by Crippen LogP contribution is -2.72. The summed E-state index contributed by atoms with van der Waals surface area (Å²) in [5.74, 6) is -0.599. The minimum absolute atomic E-state index is 0.0388. The summed E-state index contributed by atoms with van der Waals surface area (Å²) in [6.07, 6.45) is -4.40. The van der Waals surface area contributed by atoms with E-state index in [1.54, 1.807) is 0 Å². The molecule has 3 aliphatic heterocycles. The molecule has 0 N–H and O–H groups in total. The molecule has 16 unspecified atom stereocenters. The molecule has 796 valence electrons. The highest BCUT2D eigenvalue weighted by atomic mass is 35.5. The molecule has 0 amide bonds. The first-order valence-electron chi connectivity index (χ1n) is 57.1. The third-order valence-corrected chi connectivity index (χ3v) is 84.3. The molecule has 0 radical (unpaired) electrons. The van der Waals surface area contributed by atoms with Crippen LogP contribution in [0.15, 0.2) is 42.0 Å². The van der Waals surface area contributed by atoms with Gasteiger partial charge in [0.2, 0.25) is 5.24 Å². The summed E-state index contributed by atoms with van der Waals surface area (Å²) in [6, 6.07) is 33.4. The highest BCUT2D eigenvalue weighted by molar-refractivity contribution is 6.77. The first-order chi connectivity index (χ1) is 65.6. The van der Waals surface area contributed by atoms with E-state index in [1.807, 2.05) is 30.3 Å². The molecule has 1 aromatic rings. The summed E-state index contributed by atoms with van der Waals surface area (Å²) in [4.78, 5) is 48.1. The van der Waals surface area contributed by atoms with Gasteiger partial charge in [-0.3, -0.25) is 4.79 Å². The number of rotatable bonds is 57. The molecule has 8 fully saturated rings. The van der Waals surface area contributed by atoms with Crippen molar-refractivity contribution in [1.82, 2.24) is 0 Å². The van der Waals surface area contributed by atoms with E-state index in [4.69, 9.17) is 84.6 Å². The Balaban J connectivity index is 1.28. The van der Waals surface area contributed by atoms with Gasteiger partial charge in [0.05, 0.1) is 41.9 Å². The average molecular weight is 2110 g/mol. The number of carbonyl (C=O) groups is 3. The SMILES string of the molecule is CC[Si](CC)(CC)OCC1O[C@@H](OC2[C@H](OC3CCC4(C)C(CCC5(C)C4CC=C4C6CC7C(C)(C)CC[C@]6(C(=O)Cl)[C@@]7(O[Si](CC)(CC)CC)CC45C)C3(C)C=O)OC(C(=O)OCc3ccccc3)[C@@H](O[Si](CC)(CC)CC)[C@@H]2O[C@@H]2OC[C@@H](O[Si](CC)(CC)CC)C(O[Si](CC)(CC)CC)C2O[Si](CC)(CC)CC)C(O[Si](CC)(CC)CC)C(O[Si](CC)(CC)CC)[C@H]1O[Si](CC)(CC)CC. The maximum Gasteiger partial charge on any atom is 0.338 e. The fraction of sp³-hybridized carbons (Fsp3) is 0.899. The van der Waals surface area contributed by atoms with Crippen LogP contribution >= 0.6 is 11.6 Å². The zero-order valence-corrected chi connectivity index (χ0v) is 103. The Labute approximate surface area is 855 Å². The Morgan fingerprint density at radius 2 is 0.855 bits per heavy atom. The topological polar surface area (TPSA) is 199 Å². The second-order valence-corrected chi connectivity index (χ2v) is 89.2. The molecule has 3 heterocycles. The highest BCUT2D eigenvalue weighted by Gasteiger charge is 2.82. The summed E-state index contributed by atoms with van der Waals surface area (Å²) in [5.41, 5.74) is -1.64. The van der Waals surface area contributed by atoms with Gasteiger partial charge in [-0.05, 0) is 283 Å². The molecule has 25 atom stereocenters. The molecule has 1 aromatic carbocycles. The van der Waals surface area contributed by atoms with Crippen molar-refractivity contribution in [2.45, 2.75) is 554 Å². The van der Waals surface area contributed by atoms with Crippen LogP contribution in [-0.2, 0) is 94.0 Å². The van der Waals surface area contributed by atoms with E-state index in [2.05, 4.69) is 235 Å². The lowest BCUT2D eigenvalue weighted by Gasteiger charge is -2.73. The summed E-state index contributed by atoms with van der Waals surface area (Å²) in [6.45, 7) is 77.3. The molecule has 10 rings (SSSR count). The number of benzene rings is 1. The largest absolute Gasteiger partial charge is 0.459 e. The second kappa shape index (κ2) is 48.8. The number of esters is 1. The third kappa shape index (κ3) is 22.1. The van der Waals surface area contributed by atoms with Crippen LogP contribution in [0.2, 0.25) is 163 Å². The van der Waals surface area contributed by atoms with Gasteiger partial charge in [-0.25, -0.2) is 4.79 Å². The van der Waals surface area contributed by atoms with E-state index in [0.717, 1.165) is 202 Å². The van der Waals surface area contributed by atoms with E-state index in [-0.39, 0.29) is 65.0 Å². The molecule has 0 aromatic heterocycles. The number of allylic oxidation sites excluding steroid dienone is 2. The molecule has 19 nitrogen and oxygen atoms in total. The quantitative estimate of drug-likeness (QED) is 0.0149. The number of carbonyl (C=O) groups excluding carboxylic acids is 3. The van der Waals surface area contributed by atoms with E-state index in [1.165, 1.54) is 11.9 Å². The van der Waals surface area contributed by atoms with Gasteiger partial charge in [0, 0.05) is 0 Å². The lowest BCUT2D eigenvalue weighted by atomic mass is 9.33. The van der Waals surface area contributed by atoms with Crippen molar-refractivity contribution >= 4 is 104 Å². The molecule has 9 aliphatic rings. The van der Waals surface area contributed by atoms with Gasteiger partial charge >= 0.3 is 5.97 Å². The molecular weight excluding hydrogens is 1900 g/mol. The van der Waals surface area contributed by atoms with Gasteiger partial charge in [0.25, 0.3) is 0 Å². The predicted molar refractivity (Wildman–Crippen MR) is 586 cm³/mol. The molecule has 3 saturated heterocycles.